The number of allylic oxidation sites excluding steroid dienone is 2. The van der Waals surface area contributed by atoms with Crippen molar-refractivity contribution in [3.8, 4) is 0 Å². The van der Waals surface area contributed by atoms with Crippen LogP contribution in [0.15, 0.2) is 42.0 Å². The quantitative estimate of drug-likeness (QED) is 0.826. The van der Waals surface area contributed by atoms with E-state index in [2.05, 4.69) is 24.9 Å². The van der Waals surface area contributed by atoms with Crippen molar-refractivity contribution in [3.05, 3.63) is 42.0 Å². The standard InChI is InChI=1S/C13H18N2O/c1-10-6-11(2)12(16)13(3,7-10)8-15-5-4-14-9-15/h4-7,9,12,16H,8H2,1-3H3. The molecule has 0 aliphatic heterocycles. The molecule has 0 saturated carbocycles. The van der Waals surface area contributed by atoms with Gasteiger partial charge in [-0.2, -0.15) is 0 Å². The number of aromatic nitrogens is 2. The van der Waals surface area contributed by atoms with E-state index < -0.39 is 6.10 Å². The van der Waals surface area contributed by atoms with E-state index in [-0.39, 0.29) is 5.41 Å². The van der Waals surface area contributed by atoms with Gasteiger partial charge in [-0.3, -0.25) is 0 Å². The van der Waals surface area contributed by atoms with E-state index in [9.17, 15) is 5.11 Å². The SMILES string of the molecule is CC1=CC(C)(Cn2ccnc2)C(O)C(C)=C1. The lowest BCUT2D eigenvalue weighted by molar-refractivity contribution is 0.0857. The summed E-state index contributed by atoms with van der Waals surface area (Å²) >= 11 is 0. The molecule has 16 heavy (non-hydrogen) atoms. The summed E-state index contributed by atoms with van der Waals surface area (Å²) in [7, 11) is 0. The summed E-state index contributed by atoms with van der Waals surface area (Å²) in [5.74, 6) is 0. The van der Waals surface area contributed by atoms with Crippen molar-refractivity contribution in [1.29, 1.82) is 0 Å². The summed E-state index contributed by atoms with van der Waals surface area (Å²) in [6, 6.07) is 0. The number of aliphatic hydroxyl groups excluding tert-OH is 1. The Morgan fingerprint density at radius 1 is 1.50 bits per heavy atom. The molecule has 0 fully saturated rings. The van der Waals surface area contributed by atoms with E-state index in [0.717, 1.165) is 12.1 Å². The molecule has 0 bridgehead atoms. The fourth-order valence-corrected chi connectivity index (χ4v) is 2.50. The minimum atomic E-state index is -0.418. The molecule has 0 aromatic carbocycles. The van der Waals surface area contributed by atoms with Gasteiger partial charge < -0.3 is 9.67 Å². The van der Waals surface area contributed by atoms with Crippen LogP contribution in [-0.4, -0.2) is 20.8 Å². The second kappa shape index (κ2) is 3.91. The smallest absolute Gasteiger partial charge is 0.0946 e. The molecule has 1 heterocycles. The number of nitrogens with zero attached hydrogens (tertiary/aromatic N) is 2. The van der Waals surface area contributed by atoms with Gasteiger partial charge in [0, 0.05) is 24.4 Å². The molecule has 1 aliphatic rings. The number of hydrogen-bond acceptors (Lipinski definition) is 2. The first-order chi connectivity index (χ1) is 7.51. The van der Waals surface area contributed by atoms with Crippen LogP contribution in [0.25, 0.3) is 0 Å². The molecule has 0 radical (unpaired) electrons. The van der Waals surface area contributed by atoms with Gasteiger partial charge in [0.1, 0.15) is 0 Å². The lowest BCUT2D eigenvalue weighted by Gasteiger charge is -2.36. The highest BCUT2D eigenvalue weighted by Gasteiger charge is 2.34. The van der Waals surface area contributed by atoms with Crippen LogP contribution in [0, 0.1) is 5.41 Å². The molecular weight excluding hydrogens is 200 g/mol. The van der Waals surface area contributed by atoms with Crippen molar-refractivity contribution in [2.75, 3.05) is 0 Å². The number of aliphatic hydroxyl groups is 1. The Kier molecular flexibility index (Phi) is 2.72. The van der Waals surface area contributed by atoms with Crippen LogP contribution in [0.1, 0.15) is 20.8 Å². The van der Waals surface area contributed by atoms with Crippen LogP contribution < -0.4 is 0 Å². The van der Waals surface area contributed by atoms with Crippen molar-refractivity contribution in [3.63, 3.8) is 0 Å². The zero-order valence-electron chi connectivity index (χ0n) is 10.0. The topological polar surface area (TPSA) is 38.0 Å². The molecule has 2 unspecified atom stereocenters. The van der Waals surface area contributed by atoms with Crippen LogP contribution in [0.3, 0.4) is 0 Å². The first-order valence-corrected chi connectivity index (χ1v) is 5.53. The average molecular weight is 218 g/mol. The van der Waals surface area contributed by atoms with Crippen LogP contribution in [0.2, 0.25) is 0 Å². The van der Waals surface area contributed by atoms with E-state index in [1.165, 1.54) is 5.57 Å². The third kappa shape index (κ3) is 1.95. The second-order valence-corrected chi connectivity index (χ2v) is 4.92. The predicted octanol–water partition coefficient (Wildman–Crippen LogP) is 2.16. The van der Waals surface area contributed by atoms with Gasteiger partial charge in [0.05, 0.1) is 12.4 Å². The molecule has 2 rings (SSSR count). The molecule has 0 spiro atoms. The Morgan fingerprint density at radius 2 is 2.25 bits per heavy atom. The summed E-state index contributed by atoms with van der Waals surface area (Å²) in [6.07, 6.45) is 9.24. The third-order valence-electron chi connectivity index (χ3n) is 3.15. The zero-order valence-corrected chi connectivity index (χ0v) is 10.0. The molecule has 1 N–H and O–H groups in total. The van der Waals surface area contributed by atoms with Crippen molar-refractivity contribution in [1.82, 2.24) is 9.55 Å². The van der Waals surface area contributed by atoms with Crippen LogP contribution in [-0.2, 0) is 6.54 Å². The van der Waals surface area contributed by atoms with Gasteiger partial charge >= 0.3 is 0 Å². The van der Waals surface area contributed by atoms with Gasteiger partial charge in [0.25, 0.3) is 0 Å². The molecule has 1 aromatic rings. The van der Waals surface area contributed by atoms with Gasteiger partial charge in [-0.05, 0) is 19.4 Å². The predicted molar refractivity (Wildman–Crippen MR) is 63.9 cm³/mol. The second-order valence-electron chi connectivity index (χ2n) is 4.92. The third-order valence-corrected chi connectivity index (χ3v) is 3.15. The van der Waals surface area contributed by atoms with E-state index in [0.29, 0.717) is 0 Å². The molecule has 3 heteroatoms. The maximum Gasteiger partial charge on any atom is 0.0946 e. The maximum absolute atomic E-state index is 10.3. The van der Waals surface area contributed by atoms with Gasteiger partial charge in [0.15, 0.2) is 0 Å². The highest BCUT2D eigenvalue weighted by Crippen LogP contribution is 2.35. The zero-order chi connectivity index (χ0) is 11.8. The van der Waals surface area contributed by atoms with Crippen LogP contribution >= 0.6 is 0 Å². The van der Waals surface area contributed by atoms with Gasteiger partial charge in [-0.1, -0.05) is 24.6 Å². The number of imidazole rings is 1. The first-order valence-electron chi connectivity index (χ1n) is 5.53. The molecule has 0 amide bonds. The molecule has 3 nitrogen and oxygen atoms in total. The van der Waals surface area contributed by atoms with E-state index in [1.54, 1.807) is 12.5 Å². The normalized spacial score (nSPS) is 29.9. The molecule has 86 valence electrons. The number of rotatable bonds is 2. The lowest BCUT2D eigenvalue weighted by Crippen LogP contribution is -2.37. The summed E-state index contributed by atoms with van der Waals surface area (Å²) in [6.45, 7) is 6.88. The van der Waals surface area contributed by atoms with E-state index >= 15 is 0 Å². The monoisotopic (exact) mass is 218 g/mol. The minimum absolute atomic E-state index is 0.246. The summed E-state index contributed by atoms with van der Waals surface area (Å²) in [4.78, 5) is 4.03. The van der Waals surface area contributed by atoms with E-state index in [1.807, 2.05) is 23.8 Å². The van der Waals surface area contributed by atoms with E-state index in [4.69, 9.17) is 0 Å². The van der Waals surface area contributed by atoms with Crippen molar-refractivity contribution < 1.29 is 5.11 Å². The minimum Gasteiger partial charge on any atom is -0.388 e. The molecule has 1 aromatic heterocycles. The molecular formula is C13H18N2O. The van der Waals surface area contributed by atoms with Crippen molar-refractivity contribution in [2.45, 2.75) is 33.4 Å². The first kappa shape index (κ1) is 11.1. The van der Waals surface area contributed by atoms with Gasteiger partial charge in [0.2, 0.25) is 0 Å². The summed E-state index contributed by atoms with van der Waals surface area (Å²) in [5.41, 5.74) is 2.00. The molecule has 2 atom stereocenters. The fraction of sp³-hybridized carbons (Fsp3) is 0.462. The average Bonchev–Trinajstić information content (AvgIpc) is 2.66. The highest BCUT2D eigenvalue weighted by atomic mass is 16.3. The highest BCUT2D eigenvalue weighted by molar-refractivity contribution is 5.33. The van der Waals surface area contributed by atoms with Crippen LogP contribution in [0.5, 0.6) is 0 Å². The largest absolute Gasteiger partial charge is 0.388 e. The fourth-order valence-electron chi connectivity index (χ4n) is 2.50. The molecule has 1 aliphatic carbocycles. The Balaban J connectivity index is 2.28. The molecule has 0 saturated heterocycles. The Labute approximate surface area is 96.1 Å². The Hall–Kier alpha value is -1.35. The Morgan fingerprint density at radius 3 is 2.88 bits per heavy atom. The number of hydrogen-bond donors (Lipinski definition) is 1. The maximum atomic E-state index is 10.3. The van der Waals surface area contributed by atoms with Crippen molar-refractivity contribution in [2.24, 2.45) is 5.41 Å². The van der Waals surface area contributed by atoms with Gasteiger partial charge in [-0.25, -0.2) is 4.98 Å². The van der Waals surface area contributed by atoms with Crippen molar-refractivity contribution >= 4 is 0 Å². The van der Waals surface area contributed by atoms with Gasteiger partial charge in [-0.15, -0.1) is 0 Å². The lowest BCUT2D eigenvalue weighted by atomic mass is 9.75. The summed E-state index contributed by atoms with van der Waals surface area (Å²) < 4.78 is 2.01. The summed E-state index contributed by atoms with van der Waals surface area (Å²) in [5, 5.41) is 10.3. The Bertz CT molecular complexity index is 431. The van der Waals surface area contributed by atoms with Crippen LogP contribution in [0.4, 0.5) is 0 Å².